The molecule has 0 rings (SSSR count). The van der Waals surface area contributed by atoms with Crippen LogP contribution in [0.15, 0.2) is 0 Å². The van der Waals surface area contributed by atoms with E-state index < -0.39 is 29.4 Å². The highest BCUT2D eigenvalue weighted by atomic mass is 31.1. The Bertz CT molecular complexity index is 157. The van der Waals surface area contributed by atoms with E-state index in [2.05, 4.69) is 9.05 Å². The second-order valence-corrected chi connectivity index (χ2v) is 3.00. The molecule has 0 heterocycles. The van der Waals surface area contributed by atoms with E-state index >= 15 is 0 Å². The van der Waals surface area contributed by atoms with Crippen LogP contribution < -0.4 is 0 Å². The van der Waals surface area contributed by atoms with Crippen LogP contribution in [0.3, 0.4) is 0 Å². The summed E-state index contributed by atoms with van der Waals surface area (Å²) in [6.07, 6.45) is -1.65. The minimum atomic E-state index is -3.23. The minimum absolute atomic E-state index is 0.606. The van der Waals surface area contributed by atoms with Gasteiger partial charge in [0, 0.05) is 0 Å². The Morgan fingerprint density at radius 1 is 1.27 bits per heavy atom. The largest absolute Gasteiger partial charge is 0.366 e. The van der Waals surface area contributed by atoms with Crippen LogP contribution in [0.5, 0.6) is 0 Å². The number of rotatable bonds is 5. The van der Waals surface area contributed by atoms with Crippen molar-refractivity contribution in [1.29, 1.82) is 0 Å². The van der Waals surface area contributed by atoms with E-state index in [-0.39, 0.29) is 0 Å². The second-order valence-electron chi connectivity index (χ2n) is 1.42. The number of hydrogen-bond donors (Lipinski definition) is 3. The van der Waals surface area contributed by atoms with Crippen LogP contribution in [-0.2, 0) is 18.2 Å². The van der Waals surface area contributed by atoms with Gasteiger partial charge in [0.25, 0.3) is 0 Å². The topological polar surface area (TPSA) is 113 Å². The Labute approximate surface area is 63.5 Å². The SMILES string of the molecule is O=[PH](O)OCC(O)O[PH](=O)O. The average molecular weight is 206 g/mol. The van der Waals surface area contributed by atoms with Crippen LogP contribution in [-0.4, -0.2) is 27.8 Å². The maximum Gasteiger partial charge on any atom is 0.318 e. The molecule has 0 amide bonds. The van der Waals surface area contributed by atoms with Gasteiger partial charge >= 0.3 is 16.5 Å². The summed E-state index contributed by atoms with van der Waals surface area (Å²) >= 11 is 0. The highest BCUT2D eigenvalue weighted by Crippen LogP contribution is 2.20. The van der Waals surface area contributed by atoms with Gasteiger partial charge in [0.2, 0.25) is 0 Å². The third-order valence-corrected chi connectivity index (χ3v) is 1.47. The zero-order valence-electron chi connectivity index (χ0n) is 5.26. The molecule has 7 nitrogen and oxygen atoms in total. The molecule has 0 aromatic carbocycles. The van der Waals surface area contributed by atoms with E-state index in [1.807, 2.05) is 0 Å². The van der Waals surface area contributed by atoms with E-state index in [0.717, 1.165) is 0 Å². The quantitative estimate of drug-likeness (QED) is 0.394. The van der Waals surface area contributed by atoms with E-state index in [1.54, 1.807) is 0 Å². The first-order chi connectivity index (χ1) is 5.02. The lowest BCUT2D eigenvalue weighted by molar-refractivity contribution is -0.0493. The normalized spacial score (nSPS) is 19.2. The molecule has 0 saturated heterocycles. The Balaban J connectivity index is 3.44. The van der Waals surface area contributed by atoms with E-state index in [0.29, 0.717) is 0 Å². The fourth-order valence-electron chi connectivity index (χ4n) is 0.293. The molecule has 0 aromatic rings. The van der Waals surface area contributed by atoms with Crippen molar-refractivity contribution in [3.05, 3.63) is 0 Å². The van der Waals surface area contributed by atoms with Gasteiger partial charge in [0.1, 0.15) is 6.61 Å². The molecule has 0 aliphatic heterocycles. The molecule has 0 bridgehead atoms. The summed E-state index contributed by atoms with van der Waals surface area (Å²) in [6.45, 7) is -0.606. The van der Waals surface area contributed by atoms with Crippen LogP contribution in [0.1, 0.15) is 0 Å². The molecule has 0 aliphatic carbocycles. The summed E-state index contributed by atoms with van der Waals surface area (Å²) in [5.41, 5.74) is 0. The summed E-state index contributed by atoms with van der Waals surface area (Å²) in [7, 11) is -6.36. The molecule has 68 valence electrons. The highest BCUT2D eigenvalue weighted by molar-refractivity contribution is 7.32. The minimum Gasteiger partial charge on any atom is -0.366 e. The molecule has 0 aromatic heterocycles. The molecule has 0 saturated carbocycles. The molecule has 0 aliphatic rings. The van der Waals surface area contributed by atoms with Crippen molar-refractivity contribution in [2.24, 2.45) is 0 Å². The Morgan fingerprint density at radius 3 is 2.18 bits per heavy atom. The molecule has 3 unspecified atom stereocenters. The van der Waals surface area contributed by atoms with Gasteiger partial charge in [-0.3, -0.25) is 13.7 Å². The summed E-state index contributed by atoms with van der Waals surface area (Å²) in [4.78, 5) is 16.1. The predicted molar refractivity (Wildman–Crippen MR) is 35.5 cm³/mol. The summed E-state index contributed by atoms with van der Waals surface area (Å²) in [5, 5.41) is 8.55. The molecule has 3 N–H and O–H groups in total. The first-order valence-electron chi connectivity index (χ1n) is 2.45. The van der Waals surface area contributed by atoms with Crippen molar-refractivity contribution >= 4 is 16.5 Å². The van der Waals surface area contributed by atoms with Crippen LogP contribution >= 0.6 is 16.5 Å². The first kappa shape index (κ1) is 11.3. The third-order valence-electron chi connectivity index (χ3n) is 0.586. The van der Waals surface area contributed by atoms with Gasteiger partial charge in [-0.05, 0) is 0 Å². The van der Waals surface area contributed by atoms with Crippen LogP contribution in [0.25, 0.3) is 0 Å². The van der Waals surface area contributed by atoms with E-state index in [1.165, 1.54) is 0 Å². The Hall–Kier alpha value is 0.260. The van der Waals surface area contributed by atoms with Gasteiger partial charge in [-0.1, -0.05) is 0 Å². The van der Waals surface area contributed by atoms with Crippen molar-refractivity contribution in [2.45, 2.75) is 6.29 Å². The zero-order chi connectivity index (χ0) is 8.85. The van der Waals surface area contributed by atoms with Gasteiger partial charge in [-0.15, -0.1) is 0 Å². The van der Waals surface area contributed by atoms with Crippen LogP contribution in [0, 0.1) is 0 Å². The molecular weight excluding hydrogens is 198 g/mol. The predicted octanol–water partition coefficient (Wildman–Crippen LogP) is -0.898. The molecule has 0 radical (unpaired) electrons. The van der Waals surface area contributed by atoms with Gasteiger partial charge in [-0.25, -0.2) is 0 Å². The molecule has 11 heavy (non-hydrogen) atoms. The lowest BCUT2D eigenvalue weighted by Crippen LogP contribution is -2.13. The van der Waals surface area contributed by atoms with Crippen LogP contribution in [0.4, 0.5) is 0 Å². The van der Waals surface area contributed by atoms with Gasteiger partial charge < -0.3 is 19.4 Å². The van der Waals surface area contributed by atoms with Crippen molar-refractivity contribution in [1.82, 2.24) is 0 Å². The monoisotopic (exact) mass is 206 g/mol. The fourth-order valence-corrected chi connectivity index (χ4v) is 0.879. The van der Waals surface area contributed by atoms with Crippen molar-refractivity contribution in [2.75, 3.05) is 6.61 Å². The van der Waals surface area contributed by atoms with E-state index in [4.69, 9.17) is 14.9 Å². The highest BCUT2D eigenvalue weighted by Gasteiger charge is 2.07. The van der Waals surface area contributed by atoms with Crippen molar-refractivity contribution in [3.8, 4) is 0 Å². The lowest BCUT2D eigenvalue weighted by Gasteiger charge is -2.07. The van der Waals surface area contributed by atoms with Crippen molar-refractivity contribution in [3.63, 3.8) is 0 Å². The Morgan fingerprint density at radius 2 is 1.82 bits per heavy atom. The van der Waals surface area contributed by atoms with Crippen LogP contribution in [0.2, 0.25) is 0 Å². The van der Waals surface area contributed by atoms with Crippen molar-refractivity contribution < 1.29 is 33.1 Å². The molecular formula is C2H8O7P2. The number of aliphatic hydroxyl groups is 1. The maximum absolute atomic E-state index is 9.87. The van der Waals surface area contributed by atoms with E-state index in [9.17, 15) is 9.13 Å². The summed E-state index contributed by atoms with van der Waals surface area (Å²) in [5.74, 6) is 0. The molecule has 3 atom stereocenters. The maximum atomic E-state index is 9.87. The zero-order valence-corrected chi connectivity index (χ0v) is 7.26. The number of aliphatic hydroxyl groups excluding tert-OH is 1. The van der Waals surface area contributed by atoms with Gasteiger partial charge in [0.05, 0.1) is 0 Å². The van der Waals surface area contributed by atoms with Gasteiger partial charge in [-0.2, -0.15) is 0 Å². The molecule has 0 fully saturated rings. The lowest BCUT2D eigenvalue weighted by atomic mass is 10.7. The standard InChI is InChI=1S/C2H8O7P2/c3-2(9-11(6)7)1-8-10(4)5/h2-3,10-11H,1H2,(H,4,5)(H,6,7). The second kappa shape index (κ2) is 5.85. The third kappa shape index (κ3) is 8.16. The smallest absolute Gasteiger partial charge is 0.318 e. The molecule has 0 spiro atoms. The summed E-state index contributed by atoms with van der Waals surface area (Å²) < 4.78 is 27.6. The number of hydrogen-bond acceptors (Lipinski definition) is 5. The fraction of sp³-hybridized carbons (Fsp3) is 1.00. The first-order valence-corrected chi connectivity index (χ1v) is 4.98. The summed E-state index contributed by atoms with van der Waals surface area (Å²) in [6, 6.07) is 0. The average Bonchev–Trinajstić information content (AvgIpc) is 1.82. The Kier molecular flexibility index (Phi) is 5.99. The van der Waals surface area contributed by atoms with Gasteiger partial charge in [0.15, 0.2) is 6.29 Å². The molecule has 9 heteroatoms.